The predicted molar refractivity (Wildman–Crippen MR) is 94.7 cm³/mol. The summed E-state index contributed by atoms with van der Waals surface area (Å²) in [7, 11) is 0. The second-order valence-corrected chi connectivity index (χ2v) is 6.63. The number of carbonyl (C=O) groups is 1. The van der Waals surface area contributed by atoms with Crippen LogP contribution in [0.3, 0.4) is 0 Å². The van der Waals surface area contributed by atoms with Crippen LogP contribution in [-0.4, -0.2) is 34.3 Å². The Morgan fingerprint density at radius 3 is 2.52 bits per heavy atom. The predicted octanol–water partition coefficient (Wildman–Crippen LogP) is 4.29. The fourth-order valence-electron chi connectivity index (χ4n) is 2.46. The van der Waals surface area contributed by atoms with E-state index >= 15 is 0 Å². The van der Waals surface area contributed by atoms with Crippen molar-refractivity contribution in [3.63, 3.8) is 0 Å². The van der Waals surface area contributed by atoms with E-state index in [4.69, 9.17) is 4.74 Å². The number of hydrogen-bond acceptors (Lipinski definition) is 3. The second-order valence-electron chi connectivity index (χ2n) is 6.63. The van der Waals surface area contributed by atoms with Gasteiger partial charge in [0, 0.05) is 22.8 Å². The second kappa shape index (κ2) is 7.04. The molecule has 1 amide bonds. The molecule has 0 unspecified atom stereocenters. The van der Waals surface area contributed by atoms with E-state index in [1.807, 2.05) is 39.0 Å². The Morgan fingerprint density at radius 1 is 1.22 bits per heavy atom. The summed E-state index contributed by atoms with van der Waals surface area (Å²) in [6.45, 7) is 12.8. The van der Waals surface area contributed by atoms with Crippen molar-refractivity contribution in [3.8, 4) is 0 Å². The lowest BCUT2D eigenvalue weighted by Gasteiger charge is -2.20. The van der Waals surface area contributed by atoms with Crippen LogP contribution in [-0.2, 0) is 11.4 Å². The van der Waals surface area contributed by atoms with Crippen LogP contribution in [0.4, 0.5) is 10.5 Å². The molecule has 23 heavy (non-hydrogen) atoms. The molecular formula is C18H27N3O2. The number of aromatic nitrogens is 1. The fourth-order valence-corrected chi connectivity index (χ4v) is 2.46. The van der Waals surface area contributed by atoms with E-state index in [2.05, 4.69) is 40.9 Å². The van der Waals surface area contributed by atoms with Gasteiger partial charge in [-0.2, -0.15) is 0 Å². The van der Waals surface area contributed by atoms with Gasteiger partial charge in [0.25, 0.3) is 0 Å². The number of amides is 1. The first-order valence-electron chi connectivity index (χ1n) is 8.13. The van der Waals surface area contributed by atoms with Gasteiger partial charge < -0.3 is 9.30 Å². The zero-order chi connectivity index (χ0) is 17.0. The monoisotopic (exact) mass is 317 g/mol. The van der Waals surface area contributed by atoms with Gasteiger partial charge in [0.15, 0.2) is 0 Å². The lowest BCUT2D eigenvalue weighted by atomic mass is 10.2. The van der Waals surface area contributed by atoms with Crippen molar-refractivity contribution in [1.82, 2.24) is 9.47 Å². The van der Waals surface area contributed by atoms with Crippen LogP contribution in [0.15, 0.2) is 30.5 Å². The van der Waals surface area contributed by atoms with Crippen molar-refractivity contribution in [2.45, 2.75) is 46.9 Å². The van der Waals surface area contributed by atoms with Gasteiger partial charge in [-0.25, -0.2) is 4.79 Å². The van der Waals surface area contributed by atoms with Crippen LogP contribution in [0.5, 0.6) is 0 Å². The van der Waals surface area contributed by atoms with Gasteiger partial charge in [0.2, 0.25) is 0 Å². The normalized spacial score (nSPS) is 11.9. The molecular weight excluding hydrogens is 290 g/mol. The maximum atomic E-state index is 11.8. The molecule has 1 aromatic heterocycles. The van der Waals surface area contributed by atoms with E-state index in [0.29, 0.717) is 0 Å². The highest BCUT2D eigenvalue weighted by atomic mass is 16.6. The molecule has 0 spiro atoms. The van der Waals surface area contributed by atoms with Crippen molar-refractivity contribution < 1.29 is 9.53 Å². The highest BCUT2D eigenvalue weighted by Gasteiger charge is 2.16. The van der Waals surface area contributed by atoms with E-state index in [1.54, 1.807) is 0 Å². The average Bonchev–Trinajstić information content (AvgIpc) is 2.84. The molecule has 0 aliphatic rings. The van der Waals surface area contributed by atoms with Crippen molar-refractivity contribution in [1.29, 1.82) is 0 Å². The minimum atomic E-state index is -0.499. The first-order valence-corrected chi connectivity index (χ1v) is 8.13. The Hall–Kier alpha value is -2.01. The van der Waals surface area contributed by atoms with Crippen LogP contribution < -0.4 is 5.32 Å². The summed E-state index contributed by atoms with van der Waals surface area (Å²) < 4.78 is 7.50. The summed E-state index contributed by atoms with van der Waals surface area (Å²) in [6, 6.07) is 7.98. The smallest absolute Gasteiger partial charge is 0.412 e. The molecule has 0 aliphatic carbocycles. The molecule has 0 radical (unpaired) electrons. The van der Waals surface area contributed by atoms with Crippen molar-refractivity contribution in [3.05, 3.63) is 30.5 Å². The number of ether oxygens (including phenoxy) is 1. The van der Waals surface area contributed by atoms with Crippen LogP contribution in [0, 0.1) is 0 Å². The Morgan fingerprint density at radius 2 is 1.91 bits per heavy atom. The molecule has 5 nitrogen and oxygen atoms in total. The molecule has 0 saturated carbocycles. The molecule has 0 bridgehead atoms. The number of fused-ring (bicyclic) bond motifs is 1. The standard InChI is InChI=1S/C18H27N3O2/c1-6-20(7-2)13-21-11-10-14-12-15(8-9-16(14)21)19-17(22)23-18(3,4)5/h8-12H,6-7,13H2,1-5H3,(H,19,22). The van der Waals surface area contributed by atoms with Gasteiger partial charge in [0.05, 0.1) is 6.67 Å². The van der Waals surface area contributed by atoms with Crippen molar-refractivity contribution >= 4 is 22.7 Å². The molecule has 1 N–H and O–H groups in total. The van der Waals surface area contributed by atoms with E-state index in [1.165, 1.54) is 0 Å². The quantitative estimate of drug-likeness (QED) is 0.895. The van der Waals surface area contributed by atoms with Crippen LogP contribution in [0.25, 0.3) is 10.9 Å². The Labute approximate surface area is 138 Å². The SMILES string of the molecule is CCN(CC)Cn1ccc2cc(NC(=O)OC(C)(C)C)ccc21. The maximum Gasteiger partial charge on any atom is 0.412 e. The van der Waals surface area contributed by atoms with E-state index < -0.39 is 11.7 Å². The number of nitrogens with zero attached hydrogens (tertiary/aromatic N) is 2. The molecule has 0 fully saturated rings. The largest absolute Gasteiger partial charge is 0.444 e. The highest BCUT2D eigenvalue weighted by Crippen LogP contribution is 2.21. The summed E-state index contributed by atoms with van der Waals surface area (Å²) in [6.07, 6.45) is 1.65. The van der Waals surface area contributed by atoms with Crippen LogP contribution in [0.2, 0.25) is 0 Å². The Kier molecular flexibility index (Phi) is 5.31. The van der Waals surface area contributed by atoms with Crippen LogP contribution in [0.1, 0.15) is 34.6 Å². The van der Waals surface area contributed by atoms with Gasteiger partial charge in [-0.05, 0) is 58.1 Å². The van der Waals surface area contributed by atoms with Crippen molar-refractivity contribution in [2.24, 2.45) is 0 Å². The summed E-state index contributed by atoms with van der Waals surface area (Å²) in [5, 5.41) is 3.88. The van der Waals surface area contributed by atoms with E-state index in [-0.39, 0.29) is 0 Å². The number of nitrogens with one attached hydrogen (secondary N) is 1. The van der Waals surface area contributed by atoms with Gasteiger partial charge in [0.1, 0.15) is 5.60 Å². The first-order chi connectivity index (χ1) is 10.8. The minimum Gasteiger partial charge on any atom is -0.444 e. The molecule has 1 aromatic carbocycles. The molecule has 2 aromatic rings. The molecule has 5 heteroatoms. The maximum absolute atomic E-state index is 11.8. The Bertz CT molecular complexity index is 666. The summed E-state index contributed by atoms with van der Waals surface area (Å²) in [5.41, 5.74) is 1.40. The van der Waals surface area contributed by atoms with E-state index in [0.717, 1.165) is 36.3 Å². The molecule has 0 atom stereocenters. The van der Waals surface area contributed by atoms with Gasteiger partial charge in [-0.3, -0.25) is 10.2 Å². The molecule has 2 rings (SSSR count). The first kappa shape index (κ1) is 17.3. The third-order valence-corrected chi connectivity index (χ3v) is 3.66. The molecule has 1 heterocycles. The molecule has 126 valence electrons. The molecule has 0 aliphatic heterocycles. The highest BCUT2D eigenvalue weighted by molar-refractivity contribution is 5.90. The van der Waals surface area contributed by atoms with Gasteiger partial charge in [-0.15, -0.1) is 0 Å². The number of benzene rings is 1. The summed E-state index contributed by atoms with van der Waals surface area (Å²) in [5.74, 6) is 0. The Balaban J connectivity index is 2.13. The third-order valence-electron chi connectivity index (χ3n) is 3.66. The van der Waals surface area contributed by atoms with Crippen LogP contribution >= 0.6 is 0 Å². The zero-order valence-electron chi connectivity index (χ0n) is 14.7. The fraction of sp³-hybridized carbons (Fsp3) is 0.500. The average molecular weight is 317 g/mol. The third kappa shape index (κ3) is 4.73. The van der Waals surface area contributed by atoms with Gasteiger partial charge >= 0.3 is 6.09 Å². The lowest BCUT2D eigenvalue weighted by Crippen LogP contribution is -2.27. The number of carbonyl (C=O) groups excluding carboxylic acids is 1. The summed E-state index contributed by atoms with van der Waals surface area (Å²) >= 11 is 0. The lowest BCUT2D eigenvalue weighted by molar-refractivity contribution is 0.0636. The minimum absolute atomic E-state index is 0.431. The van der Waals surface area contributed by atoms with Gasteiger partial charge in [-0.1, -0.05) is 13.8 Å². The number of anilines is 1. The van der Waals surface area contributed by atoms with E-state index in [9.17, 15) is 4.79 Å². The summed E-state index contributed by atoms with van der Waals surface area (Å²) in [4.78, 5) is 14.2. The van der Waals surface area contributed by atoms with Crippen molar-refractivity contribution in [2.75, 3.05) is 18.4 Å². The zero-order valence-corrected chi connectivity index (χ0v) is 14.7. The molecule has 0 saturated heterocycles. The number of hydrogen-bond donors (Lipinski definition) is 1. The number of rotatable bonds is 5. The topological polar surface area (TPSA) is 46.5 Å².